The molecule has 29 heavy (non-hydrogen) atoms. The van der Waals surface area contributed by atoms with Crippen LogP contribution >= 0.6 is 15.9 Å². The van der Waals surface area contributed by atoms with E-state index in [1.165, 1.54) is 0 Å². The molecule has 146 valence electrons. The monoisotopic (exact) mass is 453 g/mol. The smallest absolute Gasteiger partial charge is 0.258 e. The van der Waals surface area contributed by atoms with Crippen molar-refractivity contribution in [2.75, 3.05) is 11.1 Å². The molecule has 4 rings (SSSR count). The first-order valence-corrected chi connectivity index (χ1v) is 9.55. The van der Waals surface area contributed by atoms with Gasteiger partial charge >= 0.3 is 0 Å². The van der Waals surface area contributed by atoms with E-state index < -0.39 is 29.3 Å². The summed E-state index contributed by atoms with van der Waals surface area (Å²) in [5.41, 5.74) is 6.48. The molecule has 3 aromatic rings. The quantitative estimate of drug-likeness (QED) is 0.481. The Balaban J connectivity index is 1.82. The van der Waals surface area contributed by atoms with Gasteiger partial charge in [-0.05, 0) is 29.8 Å². The van der Waals surface area contributed by atoms with Crippen molar-refractivity contribution in [3.63, 3.8) is 0 Å². The number of amides is 2. The Morgan fingerprint density at radius 2 is 1.76 bits per heavy atom. The van der Waals surface area contributed by atoms with Crippen molar-refractivity contribution in [3.8, 4) is 0 Å². The summed E-state index contributed by atoms with van der Waals surface area (Å²) in [6.45, 7) is 0. The fourth-order valence-corrected chi connectivity index (χ4v) is 3.65. The number of H-pyrrole nitrogens is 1. The summed E-state index contributed by atoms with van der Waals surface area (Å²) in [6.07, 6.45) is 0. The van der Waals surface area contributed by atoms with Crippen LogP contribution in [0, 0.1) is 0 Å². The number of hydrogen-bond donors (Lipinski definition) is 4. The number of nitrogens with one attached hydrogen (secondary N) is 3. The number of halogens is 1. The fraction of sp³-hybridized carbons (Fsp3) is 0.100. The van der Waals surface area contributed by atoms with Crippen LogP contribution in [-0.2, 0) is 4.79 Å². The number of nitrogens with two attached hydrogens (primary N) is 1. The molecule has 8 nitrogen and oxygen atoms in total. The molecule has 0 radical (unpaired) electrons. The molecule has 0 fully saturated rings. The van der Waals surface area contributed by atoms with Crippen molar-refractivity contribution in [3.05, 3.63) is 86.1 Å². The highest BCUT2D eigenvalue weighted by Crippen LogP contribution is 2.35. The molecule has 5 N–H and O–H groups in total. The highest BCUT2D eigenvalue weighted by Gasteiger charge is 2.40. The summed E-state index contributed by atoms with van der Waals surface area (Å²) >= 11 is 3.38. The molecule has 0 saturated carbocycles. The maximum Gasteiger partial charge on any atom is 0.258 e. The number of hydrogen-bond acceptors (Lipinski definition) is 5. The number of aromatic amines is 1. The van der Waals surface area contributed by atoms with Gasteiger partial charge in [-0.15, -0.1) is 0 Å². The minimum absolute atomic E-state index is 0.0920. The van der Waals surface area contributed by atoms with Crippen molar-refractivity contribution in [2.24, 2.45) is 0 Å². The number of aromatic nitrogens is 2. The molecule has 1 aliphatic heterocycles. The standard InChI is InChI=1S/C20H16BrN5O3/c21-12-8-6-10(7-9-12)13-14-16(25-20(22)26-18(14)28)24-19(29)15(13)23-17(27)11-4-2-1-3-5-11/h1-9,13,15H,(H,23,27)(H4,22,24,25,26,28,29). The summed E-state index contributed by atoms with van der Waals surface area (Å²) in [6, 6.07) is 14.7. The zero-order chi connectivity index (χ0) is 20.5. The van der Waals surface area contributed by atoms with Crippen molar-refractivity contribution in [1.29, 1.82) is 0 Å². The van der Waals surface area contributed by atoms with Crippen LogP contribution in [0.2, 0.25) is 0 Å². The molecule has 0 aliphatic carbocycles. The van der Waals surface area contributed by atoms with E-state index in [0.717, 1.165) is 4.47 Å². The van der Waals surface area contributed by atoms with Crippen LogP contribution < -0.4 is 21.9 Å². The third kappa shape index (κ3) is 3.64. The van der Waals surface area contributed by atoms with E-state index in [9.17, 15) is 14.4 Å². The third-order valence-electron chi connectivity index (χ3n) is 4.69. The Labute approximate surface area is 173 Å². The van der Waals surface area contributed by atoms with Crippen LogP contribution in [-0.4, -0.2) is 27.8 Å². The highest BCUT2D eigenvalue weighted by atomic mass is 79.9. The van der Waals surface area contributed by atoms with Gasteiger partial charge in [0.1, 0.15) is 11.9 Å². The SMILES string of the molecule is Nc1nc2c(c(=O)[nH]1)C(c1ccc(Br)cc1)C(NC(=O)c1ccccc1)C(=O)N2. The molecular weight excluding hydrogens is 438 g/mol. The van der Waals surface area contributed by atoms with Gasteiger partial charge in [-0.2, -0.15) is 4.98 Å². The summed E-state index contributed by atoms with van der Waals surface area (Å²) in [7, 11) is 0. The summed E-state index contributed by atoms with van der Waals surface area (Å²) in [5, 5.41) is 5.34. The summed E-state index contributed by atoms with van der Waals surface area (Å²) in [5.74, 6) is -1.65. The van der Waals surface area contributed by atoms with Gasteiger partial charge in [0.15, 0.2) is 0 Å². The second kappa shape index (κ2) is 7.51. The Hall–Kier alpha value is -3.46. The zero-order valence-corrected chi connectivity index (χ0v) is 16.6. The molecule has 9 heteroatoms. The Morgan fingerprint density at radius 3 is 2.45 bits per heavy atom. The Kier molecular flexibility index (Phi) is 4.89. The maximum absolute atomic E-state index is 12.9. The van der Waals surface area contributed by atoms with Crippen LogP contribution in [0.15, 0.2) is 63.9 Å². The van der Waals surface area contributed by atoms with E-state index in [-0.39, 0.29) is 17.3 Å². The normalized spacial score (nSPS) is 17.9. The minimum Gasteiger partial charge on any atom is -0.369 e. The molecule has 2 unspecified atom stereocenters. The molecule has 2 amide bonds. The zero-order valence-electron chi connectivity index (χ0n) is 15.0. The highest BCUT2D eigenvalue weighted by molar-refractivity contribution is 9.10. The largest absolute Gasteiger partial charge is 0.369 e. The van der Waals surface area contributed by atoms with Gasteiger partial charge in [0.25, 0.3) is 11.5 Å². The lowest BCUT2D eigenvalue weighted by atomic mass is 9.82. The van der Waals surface area contributed by atoms with Crippen molar-refractivity contribution in [1.82, 2.24) is 15.3 Å². The first kappa shape index (κ1) is 18.9. The van der Waals surface area contributed by atoms with Gasteiger partial charge < -0.3 is 16.4 Å². The molecule has 0 spiro atoms. The number of anilines is 2. The van der Waals surface area contributed by atoms with Crippen molar-refractivity contribution in [2.45, 2.75) is 12.0 Å². The van der Waals surface area contributed by atoms with Gasteiger partial charge in [-0.1, -0.05) is 46.3 Å². The van der Waals surface area contributed by atoms with E-state index in [2.05, 4.69) is 36.5 Å². The number of nitrogen functional groups attached to an aromatic ring is 1. The van der Waals surface area contributed by atoms with E-state index in [4.69, 9.17) is 5.73 Å². The maximum atomic E-state index is 12.9. The molecule has 1 aromatic heterocycles. The molecule has 1 aliphatic rings. The Bertz CT molecular complexity index is 1150. The topological polar surface area (TPSA) is 130 Å². The van der Waals surface area contributed by atoms with Crippen LogP contribution in [0.25, 0.3) is 0 Å². The number of rotatable bonds is 3. The van der Waals surface area contributed by atoms with Gasteiger partial charge in [0.2, 0.25) is 11.9 Å². The van der Waals surface area contributed by atoms with Crippen molar-refractivity contribution < 1.29 is 9.59 Å². The van der Waals surface area contributed by atoms with Gasteiger partial charge in [0.05, 0.1) is 5.56 Å². The van der Waals surface area contributed by atoms with E-state index in [0.29, 0.717) is 11.1 Å². The fourth-order valence-electron chi connectivity index (χ4n) is 3.39. The molecule has 2 atom stereocenters. The van der Waals surface area contributed by atoms with E-state index in [1.54, 1.807) is 54.6 Å². The first-order chi connectivity index (χ1) is 13.9. The van der Waals surface area contributed by atoms with E-state index >= 15 is 0 Å². The lowest BCUT2D eigenvalue weighted by Crippen LogP contribution is -2.52. The van der Waals surface area contributed by atoms with Crippen LogP contribution in [0.3, 0.4) is 0 Å². The molecule has 2 heterocycles. The minimum atomic E-state index is -1.01. The molecule has 0 bridgehead atoms. The summed E-state index contributed by atoms with van der Waals surface area (Å²) < 4.78 is 0.843. The average Bonchev–Trinajstić information content (AvgIpc) is 2.70. The number of benzene rings is 2. The number of carbonyl (C=O) groups excluding carboxylic acids is 2. The lowest BCUT2D eigenvalue weighted by molar-refractivity contribution is -0.118. The molecule has 0 saturated heterocycles. The number of fused-ring (bicyclic) bond motifs is 1. The Morgan fingerprint density at radius 1 is 1.07 bits per heavy atom. The first-order valence-electron chi connectivity index (χ1n) is 8.76. The predicted molar refractivity (Wildman–Crippen MR) is 112 cm³/mol. The van der Waals surface area contributed by atoms with Gasteiger partial charge in [-0.25, -0.2) is 0 Å². The lowest BCUT2D eigenvalue weighted by Gasteiger charge is -2.32. The number of carbonyl (C=O) groups is 2. The molecular formula is C20H16BrN5O3. The van der Waals surface area contributed by atoms with Crippen LogP contribution in [0.5, 0.6) is 0 Å². The molecule has 2 aromatic carbocycles. The second-order valence-corrected chi connectivity index (χ2v) is 7.46. The van der Waals surface area contributed by atoms with Crippen molar-refractivity contribution >= 4 is 39.5 Å². The third-order valence-corrected chi connectivity index (χ3v) is 5.22. The van der Waals surface area contributed by atoms with E-state index in [1.807, 2.05) is 0 Å². The average molecular weight is 454 g/mol. The van der Waals surface area contributed by atoms with Crippen LogP contribution in [0.4, 0.5) is 11.8 Å². The predicted octanol–water partition coefficient (Wildman–Crippen LogP) is 2.00. The number of nitrogens with zero attached hydrogens (tertiary/aromatic N) is 1. The summed E-state index contributed by atoms with van der Waals surface area (Å²) in [4.78, 5) is 44.8. The second-order valence-electron chi connectivity index (χ2n) is 6.55. The van der Waals surface area contributed by atoms with Gasteiger partial charge in [-0.3, -0.25) is 19.4 Å². The van der Waals surface area contributed by atoms with Gasteiger partial charge in [0, 0.05) is 16.0 Å². The van der Waals surface area contributed by atoms with Crippen LogP contribution in [0.1, 0.15) is 27.4 Å².